The quantitative estimate of drug-likeness (QED) is 0.0273. The summed E-state index contributed by atoms with van der Waals surface area (Å²) in [5, 5.41) is 12.7. The van der Waals surface area contributed by atoms with Crippen molar-refractivity contribution in [3.63, 3.8) is 0 Å². The number of ketones is 1. The first-order chi connectivity index (χ1) is 31.0. The topological polar surface area (TPSA) is 181 Å². The molecule has 0 saturated heterocycles. The molecule has 0 saturated carbocycles. The number of aryl methyl sites for hydroxylation is 1. The number of methoxy groups -OCH3 is 1. The van der Waals surface area contributed by atoms with Gasteiger partial charge in [-0.1, -0.05) is 79.0 Å². The maximum Gasteiger partial charge on any atom is 0.298 e. The zero-order valence-electron chi connectivity index (χ0n) is 35.3. The Bertz CT molecular complexity index is 3010. The van der Waals surface area contributed by atoms with Crippen LogP contribution >= 0.6 is 12.0 Å². The van der Waals surface area contributed by atoms with E-state index in [0.717, 1.165) is 40.6 Å². The Balaban J connectivity index is 1.03. The van der Waals surface area contributed by atoms with Gasteiger partial charge in [0.15, 0.2) is 5.78 Å². The number of rotatable bonds is 18. The third-order valence-corrected chi connectivity index (χ3v) is 13.8. The fourth-order valence-electron chi connectivity index (χ4n) is 6.72. The normalized spacial score (nSPS) is 11.8. The second-order valence-electron chi connectivity index (χ2n) is 15.1. The minimum atomic E-state index is -4.99. The number of hydrogen-bond donors (Lipinski definition) is 2. The highest BCUT2D eigenvalue weighted by molar-refractivity contribution is 7.94. The van der Waals surface area contributed by atoms with Crippen LogP contribution < -0.4 is 18.9 Å². The van der Waals surface area contributed by atoms with Gasteiger partial charge in [-0.3, -0.25) is 9.35 Å². The van der Waals surface area contributed by atoms with Crippen molar-refractivity contribution in [2.75, 3.05) is 7.11 Å². The molecule has 0 aromatic heterocycles. The maximum absolute atomic E-state index is 13.9. The van der Waals surface area contributed by atoms with Crippen LogP contribution in [0.4, 0.5) is 0 Å². The van der Waals surface area contributed by atoms with E-state index in [9.17, 15) is 26.2 Å². The molecular formula is C49H42O13S3. The lowest BCUT2D eigenvalue weighted by Crippen LogP contribution is -2.18. The Morgan fingerprint density at radius 3 is 1.68 bits per heavy atom. The molecule has 0 heterocycles. The number of carbonyl (C=O) groups excluding carboxylic acids is 1. The van der Waals surface area contributed by atoms with Gasteiger partial charge in [-0.15, -0.1) is 4.33 Å². The third kappa shape index (κ3) is 11.1. The number of sulfone groups is 1. The van der Waals surface area contributed by atoms with Crippen molar-refractivity contribution in [3.8, 4) is 34.5 Å². The first kappa shape index (κ1) is 46.5. The smallest absolute Gasteiger partial charge is 0.298 e. The molecule has 7 rings (SSSR count). The van der Waals surface area contributed by atoms with E-state index in [2.05, 4.69) is 23.2 Å². The lowest BCUT2D eigenvalue weighted by atomic mass is 9.78. The van der Waals surface area contributed by atoms with E-state index < -0.39 is 35.2 Å². The Morgan fingerprint density at radius 2 is 1.11 bits per heavy atom. The van der Waals surface area contributed by atoms with E-state index in [0.29, 0.717) is 46.0 Å². The Morgan fingerprint density at radius 1 is 0.615 bits per heavy atom. The van der Waals surface area contributed by atoms with E-state index in [-0.39, 0.29) is 33.7 Å². The van der Waals surface area contributed by atoms with Gasteiger partial charge in [0.2, 0.25) is 9.84 Å². The van der Waals surface area contributed by atoms with Crippen LogP contribution in [0.25, 0.3) is 0 Å². The van der Waals surface area contributed by atoms with Gasteiger partial charge in [-0.05, 0) is 121 Å². The van der Waals surface area contributed by atoms with Crippen LogP contribution in [-0.2, 0) is 41.3 Å². The summed E-state index contributed by atoms with van der Waals surface area (Å²) in [5.74, 6) is 2.04. The minimum absolute atomic E-state index is 0.0764. The highest BCUT2D eigenvalue weighted by Crippen LogP contribution is 2.37. The molecule has 0 spiro atoms. The monoisotopic (exact) mass is 934 g/mol. The molecule has 7 aromatic carbocycles. The van der Waals surface area contributed by atoms with Crippen molar-refractivity contribution in [1.29, 1.82) is 0 Å². The van der Waals surface area contributed by atoms with Crippen molar-refractivity contribution in [3.05, 3.63) is 191 Å². The summed E-state index contributed by atoms with van der Waals surface area (Å²) in [6.45, 7) is 5.98. The molecule has 0 unspecified atom stereocenters. The second-order valence-corrected chi connectivity index (χ2v) is 19.2. The molecule has 0 atom stereocenters. The van der Waals surface area contributed by atoms with Gasteiger partial charge < -0.3 is 18.9 Å². The van der Waals surface area contributed by atoms with E-state index in [1.54, 1.807) is 79.9 Å². The minimum Gasteiger partial charge on any atom is -0.497 e. The molecule has 65 heavy (non-hydrogen) atoms. The van der Waals surface area contributed by atoms with Gasteiger partial charge in [0, 0.05) is 27.0 Å². The molecule has 0 bridgehead atoms. The molecular weight excluding hydrogens is 893 g/mol. The summed E-state index contributed by atoms with van der Waals surface area (Å²) in [6.07, 6.45) is 0. The molecule has 0 aliphatic carbocycles. The number of carbonyl (C=O) groups is 1. The van der Waals surface area contributed by atoms with Crippen molar-refractivity contribution in [1.82, 2.24) is 0 Å². The summed E-state index contributed by atoms with van der Waals surface area (Å²) < 4.78 is 91.0. The molecule has 13 nitrogen and oxygen atoms in total. The zero-order valence-corrected chi connectivity index (χ0v) is 37.8. The van der Waals surface area contributed by atoms with Gasteiger partial charge >= 0.3 is 0 Å². The predicted octanol–water partition coefficient (Wildman–Crippen LogP) is 11.2. The number of ether oxygens (including phenoxy) is 4. The maximum atomic E-state index is 13.9. The van der Waals surface area contributed by atoms with Crippen molar-refractivity contribution >= 4 is 37.8 Å². The van der Waals surface area contributed by atoms with Crippen LogP contribution in [0.2, 0.25) is 0 Å². The summed E-state index contributed by atoms with van der Waals surface area (Å²) in [5.41, 5.74) is 4.18. The fraction of sp³-hybridized carbons (Fsp3) is 0.122. The second kappa shape index (κ2) is 19.7. The van der Waals surface area contributed by atoms with Crippen LogP contribution in [0.1, 0.15) is 52.0 Å². The summed E-state index contributed by atoms with van der Waals surface area (Å²) >= 11 is 0.508. The van der Waals surface area contributed by atoms with Gasteiger partial charge in [0.05, 0.1) is 28.9 Å². The van der Waals surface area contributed by atoms with Crippen molar-refractivity contribution in [2.24, 2.45) is 0 Å². The largest absolute Gasteiger partial charge is 0.497 e. The lowest BCUT2D eigenvalue weighted by molar-refractivity contribution is -0.432. The standard InChI is InChI=1S/C49H42O13S3/c1-32-5-7-33(8-6-32)48(50)34-9-16-40(17-10-34)59-41-24-22-39(23-25-41)58-31-35-11-26-43(29-46(35)63-62-61-51)64(52,53)44-27-28-45(47(30-44)65(54,55)56)60-42-20-14-37(15-21-42)49(2,3)36-12-18-38(57-4)19-13-36/h5-30,51H,31H2,1-4H3,(H,54,55,56). The van der Waals surface area contributed by atoms with Crippen LogP contribution in [0.5, 0.6) is 34.5 Å². The molecule has 0 fully saturated rings. The molecule has 0 aliphatic heterocycles. The molecule has 0 aliphatic rings. The molecule has 16 heteroatoms. The SMILES string of the molecule is COc1ccc(C(C)(C)c2ccc(Oc3ccc(S(=O)(=O)c4ccc(COc5ccc(Oc6ccc(C(=O)c7ccc(C)cc7)cc6)cc5)c(SOOO)c4)cc3S(=O)(=O)O)cc2)cc1. The predicted molar refractivity (Wildman–Crippen MR) is 242 cm³/mol. The fourth-order valence-corrected chi connectivity index (χ4v) is 9.33. The average molecular weight is 935 g/mol. The summed E-state index contributed by atoms with van der Waals surface area (Å²) in [6, 6.07) is 42.6. The lowest BCUT2D eigenvalue weighted by Gasteiger charge is -2.26. The van der Waals surface area contributed by atoms with Gasteiger partial charge in [-0.25, -0.2) is 13.7 Å². The van der Waals surface area contributed by atoms with E-state index in [4.69, 9.17) is 24.2 Å². The average Bonchev–Trinajstić information content (AvgIpc) is 3.31. The molecule has 2 N–H and O–H groups in total. The van der Waals surface area contributed by atoms with E-state index in [1.807, 2.05) is 55.5 Å². The number of benzene rings is 7. The van der Waals surface area contributed by atoms with E-state index in [1.165, 1.54) is 18.2 Å². The Kier molecular flexibility index (Phi) is 14.1. The van der Waals surface area contributed by atoms with Crippen molar-refractivity contribution in [2.45, 2.75) is 52.4 Å². The molecule has 334 valence electrons. The Labute approximate surface area is 380 Å². The van der Waals surface area contributed by atoms with Gasteiger partial charge in [0.25, 0.3) is 10.1 Å². The molecule has 0 radical (unpaired) electrons. The summed E-state index contributed by atoms with van der Waals surface area (Å²) in [7, 11) is -7.82. The highest BCUT2D eigenvalue weighted by Gasteiger charge is 2.27. The van der Waals surface area contributed by atoms with Crippen LogP contribution in [0.15, 0.2) is 177 Å². The van der Waals surface area contributed by atoms with Gasteiger partial charge in [0.1, 0.15) is 46.0 Å². The Hall–Kier alpha value is -6.50. The van der Waals surface area contributed by atoms with Gasteiger partial charge in [-0.2, -0.15) is 8.42 Å². The van der Waals surface area contributed by atoms with Crippen molar-refractivity contribution < 1.29 is 59.8 Å². The summed E-state index contributed by atoms with van der Waals surface area (Å²) in [4.78, 5) is 11.5. The van der Waals surface area contributed by atoms with E-state index >= 15 is 0 Å². The highest BCUT2D eigenvalue weighted by atomic mass is 32.2. The van der Waals surface area contributed by atoms with Crippen LogP contribution in [0, 0.1) is 6.92 Å². The zero-order chi connectivity index (χ0) is 46.4. The first-order valence-electron chi connectivity index (χ1n) is 19.7. The van der Waals surface area contributed by atoms with Crippen LogP contribution in [0.3, 0.4) is 0 Å². The first-order valence-corrected chi connectivity index (χ1v) is 23.4. The van der Waals surface area contributed by atoms with Crippen LogP contribution in [-0.4, -0.2) is 39.5 Å². The number of hydrogen-bond acceptors (Lipinski definition) is 13. The molecule has 0 amide bonds. The third-order valence-electron chi connectivity index (χ3n) is 10.5. The molecule has 7 aromatic rings.